The Morgan fingerprint density at radius 2 is 2.04 bits per heavy atom. The SMILES string of the molecule is O=C(O)c1cn(-c2ccccc2[N+](=O)[O-])c2nc(Cl)c(F)cc2c1=O. The van der Waals surface area contributed by atoms with Gasteiger partial charge in [0.05, 0.1) is 10.3 Å². The number of para-hydroxylation sites is 2. The smallest absolute Gasteiger partial charge is 0.341 e. The van der Waals surface area contributed by atoms with E-state index in [1.165, 1.54) is 24.3 Å². The average molecular weight is 364 g/mol. The Morgan fingerprint density at radius 3 is 2.68 bits per heavy atom. The van der Waals surface area contributed by atoms with Crippen molar-refractivity contribution in [1.29, 1.82) is 0 Å². The van der Waals surface area contributed by atoms with Crippen LogP contribution in [0, 0.1) is 15.9 Å². The number of rotatable bonds is 3. The molecule has 0 aliphatic heterocycles. The highest BCUT2D eigenvalue weighted by atomic mass is 35.5. The van der Waals surface area contributed by atoms with E-state index in [1.807, 2.05) is 0 Å². The molecule has 126 valence electrons. The topological polar surface area (TPSA) is 115 Å². The first kappa shape index (κ1) is 16.5. The molecule has 10 heteroatoms. The van der Waals surface area contributed by atoms with Crippen molar-refractivity contribution >= 4 is 34.3 Å². The second-order valence-electron chi connectivity index (χ2n) is 4.93. The molecule has 0 bridgehead atoms. The molecular weight excluding hydrogens is 357 g/mol. The first-order valence-electron chi connectivity index (χ1n) is 6.69. The third-order valence-corrected chi connectivity index (χ3v) is 3.72. The van der Waals surface area contributed by atoms with Crippen LogP contribution in [0.1, 0.15) is 10.4 Å². The molecule has 0 aliphatic rings. The summed E-state index contributed by atoms with van der Waals surface area (Å²) >= 11 is 5.65. The maximum Gasteiger partial charge on any atom is 0.341 e. The first-order chi connectivity index (χ1) is 11.8. The number of hydrogen-bond donors (Lipinski definition) is 1. The molecule has 0 radical (unpaired) electrons. The second-order valence-corrected chi connectivity index (χ2v) is 5.28. The Balaban J connectivity index is 2.53. The van der Waals surface area contributed by atoms with Gasteiger partial charge in [0.25, 0.3) is 5.69 Å². The summed E-state index contributed by atoms with van der Waals surface area (Å²) < 4.78 is 14.7. The third kappa shape index (κ3) is 2.70. The van der Waals surface area contributed by atoms with Crippen LogP contribution in [-0.2, 0) is 0 Å². The van der Waals surface area contributed by atoms with Gasteiger partial charge in [-0.1, -0.05) is 23.7 Å². The van der Waals surface area contributed by atoms with Gasteiger partial charge in [-0.25, -0.2) is 14.2 Å². The molecular formula is C15H7ClFN3O5. The van der Waals surface area contributed by atoms with Crippen LogP contribution in [0.25, 0.3) is 16.7 Å². The number of fused-ring (bicyclic) bond motifs is 1. The fraction of sp³-hybridized carbons (Fsp3) is 0. The van der Waals surface area contributed by atoms with Gasteiger partial charge in [0, 0.05) is 12.3 Å². The van der Waals surface area contributed by atoms with Gasteiger partial charge < -0.3 is 5.11 Å². The van der Waals surface area contributed by atoms with Crippen molar-refractivity contribution in [3.63, 3.8) is 0 Å². The molecule has 0 amide bonds. The van der Waals surface area contributed by atoms with Crippen molar-refractivity contribution in [1.82, 2.24) is 9.55 Å². The van der Waals surface area contributed by atoms with Crippen molar-refractivity contribution in [3.05, 3.63) is 73.4 Å². The molecule has 2 heterocycles. The summed E-state index contributed by atoms with van der Waals surface area (Å²) in [4.78, 5) is 37.9. The van der Waals surface area contributed by atoms with E-state index in [4.69, 9.17) is 11.6 Å². The number of carbonyl (C=O) groups is 1. The Hall–Kier alpha value is -3.33. The van der Waals surface area contributed by atoms with Crippen LogP contribution >= 0.6 is 11.6 Å². The fourth-order valence-electron chi connectivity index (χ4n) is 2.36. The number of aromatic carboxylic acids is 1. The quantitative estimate of drug-likeness (QED) is 0.434. The lowest BCUT2D eigenvalue weighted by molar-refractivity contribution is -0.384. The van der Waals surface area contributed by atoms with Crippen molar-refractivity contribution in [2.45, 2.75) is 0 Å². The van der Waals surface area contributed by atoms with E-state index in [2.05, 4.69) is 4.98 Å². The van der Waals surface area contributed by atoms with E-state index >= 15 is 0 Å². The van der Waals surface area contributed by atoms with Gasteiger partial charge in [-0.2, -0.15) is 0 Å². The molecule has 0 aliphatic carbocycles. The number of carboxylic acids is 1. The molecule has 25 heavy (non-hydrogen) atoms. The zero-order chi connectivity index (χ0) is 18.3. The van der Waals surface area contributed by atoms with E-state index in [0.717, 1.165) is 16.8 Å². The maximum absolute atomic E-state index is 13.7. The standard InChI is InChI=1S/C15H7ClFN3O5/c16-13-9(17)5-7-12(21)8(15(22)23)6-19(14(7)18-13)10-3-1-2-4-11(10)20(24)25/h1-6H,(H,22,23). The minimum atomic E-state index is -1.56. The number of nitro groups is 1. The number of pyridine rings is 2. The lowest BCUT2D eigenvalue weighted by Crippen LogP contribution is -2.19. The van der Waals surface area contributed by atoms with Crippen LogP contribution in [0.5, 0.6) is 0 Å². The normalized spacial score (nSPS) is 10.8. The largest absolute Gasteiger partial charge is 0.477 e. The zero-order valence-electron chi connectivity index (χ0n) is 12.1. The molecule has 0 saturated heterocycles. The van der Waals surface area contributed by atoms with Crippen LogP contribution in [0.2, 0.25) is 5.15 Å². The fourth-order valence-corrected chi connectivity index (χ4v) is 2.49. The molecule has 0 atom stereocenters. The zero-order valence-corrected chi connectivity index (χ0v) is 12.9. The molecule has 0 saturated carbocycles. The van der Waals surface area contributed by atoms with Gasteiger partial charge in [0.15, 0.2) is 16.6 Å². The van der Waals surface area contributed by atoms with Crippen molar-refractivity contribution in [2.24, 2.45) is 0 Å². The van der Waals surface area contributed by atoms with Crippen molar-refractivity contribution in [3.8, 4) is 5.69 Å². The molecule has 8 nitrogen and oxygen atoms in total. The van der Waals surface area contributed by atoms with Crippen LogP contribution < -0.4 is 5.43 Å². The minimum absolute atomic E-state index is 0.0461. The van der Waals surface area contributed by atoms with Gasteiger partial charge >= 0.3 is 5.97 Å². The lowest BCUT2D eigenvalue weighted by atomic mass is 10.1. The molecule has 3 aromatic rings. The highest BCUT2D eigenvalue weighted by Gasteiger charge is 2.22. The number of nitrogens with zero attached hydrogens (tertiary/aromatic N) is 3. The predicted molar refractivity (Wildman–Crippen MR) is 85.9 cm³/mol. The Labute approximate surface area is 142 Å². The maximum atomic E-state index is 13.7. The van der Waals surface area contributed by atoms with Crippen LogP contribution in [0.4, 0.5) is 10.1 Å². The number of aromatic nitrogens is 2. The summed E-state index contributed by atoms with van der Waals surface area (Å²) in [6.45, 7) is 0. The van der Waals surface area contributed by atoms with Gasteiger partial charge in [-0.3, -0.25) is 19.5 Å². The highest BCUT2D eigenvalue weighted by Crippen LogP contribution is 2.26. The molecule has 1 N–H and O–H groups in total. The van der Waals surface area contributed by atoms with Gasteiger partial charge in [0.1, 0.15) is 11.3 Å². The monoisotopic (exact) mass is 363 g/mol. The number of nitro benzene ring substituents is 1. The Bertz CT molecular complexity index is 1110. The van der Waals surface area contributed by atoms with E-state index < -0.39 is 32.9 Å². The molecule has 0 spiro atoms. The summed E-state index contributed by atoms with van der Waals surface area (Å²) in [5, 5.41) is 19.5. The summed E-state index contributed by atoms with van der Waals surface area (Å²) in [6.07, 6.45) is 0.899. The molecule has 0 fully saturated rings. The van der Waals surface area contributed by atoms with Crippen LogP contribution in [0.15, 0.2) is 41.3 Å². The number of hydrogen-bond acceptors (Lipinski definition) is 5. The summed E-state index contributed by atoms with van der Waals surface area (Å²) in [7, 11) is 0. The van der Waals surface area contributed by atoms with Gasteiger partial charge in [0.2, 0.25) is 5.43 Å². The van der Waals surface area contributed by atoms with E-state index in [0.29, 0.717) is 0 Å². The lowest BCUT2D eigenvalue weighted by Gasteiger charge is -2.12. The minimum Gasteiger partial charge on any atom is -0.477 e. The molecule has 1 aromatic carbocycles. The second kappa shape index (κ2) is 5.95. The van der Waals surface area contributed by atoms with Gasteiger partial charge in [-0.15, -0.1) is 0 Å². The Kier molecular flexibility index (Phi) is 3.93. The van der Waals surface area contributed by atoms with E-state index in [9.17, 15) is 29.2 Å². The highest BCUT2D eigenvalue weighted by molar-refractivity contribution is 6.29. The molecule has 2 aromatic heterocycles. The van der Waals surface area contributed by atoms with E-state index in [-0.39, 0.29) is 22.4 Å². The summed E-state index contributed by atoms with van der Waals surface area (Å²) in [6, 6.07) is 6.20. The van der Waals surface area contributed by atoms with Crippen LogP contribution in [0.3, 0.4) is 0 Å². The van der Waals surface area contributed by atoms with Gasteiger partial charge in [-0.05, 0) is 12.1 Å². The van der Waals surface area contributed by atoms with Crippen molar-refractivity contribution < 1.29 is 19.2 Å². The van der Waals surface area contributed by atoms with E-state index in [1.54, 1.807) is 0 Å². The number of benzene rings is 1. The summed E-state index contributed by atoms with van der Waals surface area (Å²) in [5.74, 6) is -2.57. The van der Waals surface area contributed by atoms with Crippen molar-refractivity contribution in [2.75, 3.05) is 0 Å². The summed E-state index contributed by atoms with van der Waals surface area (Å²) in [5.41, 5.74) is -2.26. The molecule has 3 rings (SSSR count). The van der Waals surface area contributed by atoms with Crippen LogP contribution in [-0.4, -0.2) is 25.6 Å². The third-order valence-electron chi connectivity index (χ3n) is 3.46. The Morgan fingerprint density at radius 1 is 1.36 bits per heavy atom. The first-order valence-corrected chi connectivity index (χ1v) is 7.07. The number of carboxylic acid groups (broad SMARTS) is 1. The predicted octanol–water partition coefficient (Wildman–Crippen LogP) is 2.78. The molecule has 0 unspecified atom stereocenters. The average Bonchev–Trinajstić information content (AvgIpc) is 2.57. The number of halogens is 2.